The second-order valence-electron chi connectivity index (χ2n) is 3.96. The molecule has 0 spiro atoms. The van der Waals surface area contributed by atoms with Crippen molar-refractivity contribution >= 4 is 27.7 Å². The first-order valence-electron chi connectivity index (χ1n) is 5.59. The first kappa shape index (κ1) is 13.9. The third-order valence-electron chi connectivity index (χ3n) is 2.12. The summed E-state index contributed by atoms with van der Waals surface area (Å²) in [5.41, 5.74) is 5.13. The summed E-state index contributed by atoms with van der Waals surface area (Å²) in [6.07, 6.45) is 2.11. The van der Waals surface area contributed by atoms with Crippen LogP contribution in [0.2, 0.25) is 0 Å². The van der Waals surface area contributed by atoms with Gasteiger partial charge in [0.15, 0.2) is 0 Å². The molecule has 0 aliphatic rings. The molecule has 0 saturated heterocycles. The number of nitrogens with zero attached hydrogens (tertiary/aromatic N) is 2. The third kappa shape index (κ3) is 5.12. The molecule has 94 valence electrons. The lowest BCUT2D eigenvalue weighted by molar-refractivity contribution is -0.118. The Hall–Kier alpha value is -1.17. The van der Waals surface area contributed by atoms with Crippen LogP contribution in [-0.2, 0) is 11.2 Å². The van der Waals surface area contributed by atoms with Crippen molar-refractivity contribution in [3.05, 3.63) is 16.5 Å². The summed E-state index contributed by atoms with van der Waals surface area (Å²) >= 11 is 3.34. The SMILES string of the molecule is CCCc1nc(Br)cc(NC(C)CC(N)=O)n1. The summed E-state index contributed by atoms with van der Waals surface area (Å²) < 4.78 is 0.740. The van der Waals surface area contributed by atoms with Gasteiger partial charge in [-0.1, -0.05) is 6.92 Å². The number of amides is 1. The molecule has 0 aliphatic heterocycles. The Morgan fingerprint density at radius 2 is 2.29 bits per heavy atom. The molecule has 6 heteroatoms. The summed E-state index contributed by atoms with van der Waals surface area (Å²) in [7, 11) is 0. The number of carbonyl (C=O) groups is 1. The number of primary amides is 1. The zero-order valence-electron chi connectivity index (χ0n) is 10.0. The lowest BCUT2D eigenvalue weighted by atomic mass is 10.2. The van der Waals surface area contributed by atoms with Crippen LogP contribution in [0.5, 0.6) is 0 Å². The topological polar surface area (TPSA) is 80.9 Å². The van der Waals surface area contributed by atoms with Gasteiger partial charge in [0.1, 0.15) is 16.2 Å². The summed E-state index contributed by atoms with van der Waals surface area (Å²) in [4.78, 5) is 19.4. The van der Waals surface area contributed by atoms with Crippen molar-refractivity contribution < 1.29 is 4.79 Å². The van der Waals surface area contributed by atoms with E-state index in [1.807, 2.05) is 6.92 Å². The highest BCUT2D eigenvalue weighted by molar-refractivity contribution is 9.10. The van der Waals surface area contributed by atoms with Gasteiger partial charge in [0.25, 0.3) is 0 Å². The van der Waals surface area contributed by atoms with Crippen LogP contribution < -0.4 is 11.1 Å². The quantitative estimate of drug-likeness (QED) is 0.786. The molecule has 5 nitrogen and oxygen atoms in total. The fourth-order valence-corrected chi connectivity index (χ4v) is 1.90. The van der Waals surface area contributed by atoms with Crippen molar-refractivity contribution in [3.63, 3.8) is 0 Å². The van der Waals surface area contributed by atoms with Crippen LogP contribution in [0.1, 0.15) is 32.5 Å². The van der Waals surface area contributed by atoms with E-state index in [0.29, 0.717) is 5.82 Å². The van der Waals surface area contributed by atoms with E-state index in [-0.39, 0.29) is 18.4 Å². The van der Waals surface area contributed by atoms with Crippen LogP contribution >= 0.6 is 15.9 Å². The molecule has 17 heavy (non-hydrogen) atoms. The van der Waals surface area contributed by atoms with Gasteiger partial charge in [0.05, 0.1) is 0 Å². The van der Waals surface area contributed by atoms with Crippen LogP contribution in [0, 0.1) is 0 Å². The molecule has 0 saturated carbocycles. The smallest absolute Gasteiger partial charge is 0.219 e. The maximum Gasteiger partial charge on any atom is 0.219 e. The monoisotopic (exact) mass is 300 g/mol. The normalized spacial score (nSPS) is 12.2. The fourth-order valence-electron chi connectivity index (χ4n) is 1.48. The van der Waals surface area contributed by atoms with Crippen LogP contribution in [0.15, 0.2) is 10.7 Å². The highest BCUT2D eigenvalue weighted by Gasteiger charge is 2.08. The van der Waals surface area contributed by atoms with E-state index in [1.54, 1.807) is 6.07 Å². The molecule has 3 N–H and O–H groups in total. The minimum Gasteiger partial charge on any atom is -0.370 e. The Labute approximate surface area is 109 Å². The zero-order valence-corrected chi connectivity index (χ0v) is 11.6. The highest BCUT2D eigenvalue weighted by atomic mass is 79.9. The summed E-state index contributed by atoms with van der Waals surface area (Å²) in [6, 6.07) is 1.75. The predicted octanol–water partition coefficient (Wildman–Crippen LogP) is 1.87. The first-order valence-corrected chi connectivity index (χ1v) is 6.39. The molecule has 1 aromatic rings. The number of hydrogen-bond donors (Lipinski definition) is 2. The van der Waals surface area contributed by atoms with Gasteiger partial charge in [0, 0.05) is 24.9 Å². The molecule has 0 aliphatic carbocycles. The van der Waals surface area contributed by atoms with E-state index < -0.39 is 0 Å². The number of rotatable bonds is 6. The van der Waals surface area contributed by atoms with E-state index in [1.165, 1.54) is 0 Å². The standard InChI is InChI=1S/C11H17BrN4O/c1-3-4-10-15-8(12)6-11(16-10)14-7(2)5-9(13)17/h6-7H,3-5H2,1-2H3,(H2,13,17)(H,14,15,16). The maximum atomic E-state index is 10.8. The van der Waals surface area contributed by atoms with Gasteiger partial charge in [-0.05, 0) is 29.3 Å². The van der Waals surface area contributed by atoms with E-state index in [0.717, 1.165) is 23.3 Å². The van der Waals surface area contributed by atoms with Crippen LogP contribution in [0.25, 0.3) is 0 Å². The molecule has 0 radical (unpaired) electrons. The summed E-state index contributed by atoms with van der Waals surface area (Å²) in [5, 5.41) is 3.13. The van der Waals surface area contributed by atoms with Gasteiger partial charge in [-0.2, -0.15) is 0 Å². The Kier molecular flexibility index (Phi) is 5.34. The number of anilines is 1. The maximum absolute atomic E-state index is 10.8. The summed E-state index contributed by atoms with van der Waals surface area (Å²) in [6.45, 7) is 3.97. The van der Waals surface area contributed by atoms with Crippen molar-refractivity contribution in [2.75, 3.05) is 5.32 Å². The predicted molar refractivity (Wildman–Crippen MR) is 70.6 cm³/mol. The van der Waals surface area contributed by atoms with E-state index in [2.05, 4.69) is 38.1 Å². The molecular weight excluding hydrogens is 284 g/mol. The number of carbonyl (C=O) groups excluding carboxylic acids is 1. The van der Waals surface area contributed by atoms with Crippen molar-refractivity contribution in [1.29, 1.82) is 0 Å². The summed E-state index contributed by atoms with van der Waals surface area (Å²) in [5.74, 6) is 1.17. The van der Waals surface area contributed by atoms with Gasteiger partial charge in [-0.25, -0.2) is 9.97 Å². The second kappa shape index (κ2) is 6.54. The molecule has 0 aromatic carbocycles. The molecular formula is C11H17BrN4O. The number of aromatic nitrogens is 2. The Balaban J connectivity index is 2.72. The fraction of sp³-hybridized carbons (Fsp3) is 0.545. The Morgan fingerprint density at radius 1 is 1.59 bits per heavy atom. The van der Waals surface area contributed by atoms with E-state index in [4.69, 9.17) is 5.73 Å². The van der Waals surface area contributed by atoms with Crippen LogP contribution in [0.3, 0.4) is 0 Å². The molecule has 1 amide bonds. The average molecular weight is 301 g/mol. The molecule has 1 unspecified atom stereocenters. The highest BCUT2D eigenvalue weighted by Crippen LogP contribution is 2.14. The number of halogens is 1. The number of nitrogens with two attached hydrogens (primary N) is 1. The van der Waals surface area contributed by atoms with Crippen molar-refractivity contribution in [2.45, 2.75) is 39.2 Å². The zero-order chi connectivity index (χ0) is 12.8. The van der Waals surface area contributed by atoms with Gasteiger partial charge >= 0.3 is 0 Å². The minimum atomic E-state index is -0.327. The Morgan fingerprint density at radius 3 is 2.88 bits per heavy atom. The molecule has 1 atom stereocenters. The van der Waals surface area contributed by atoms with Gasteiger partial charge in [0.2, 0.25) is 5.91 Å². The average Bonchev–Trinajstić information content (AvgIpc) is 2.14. The van der Waals surface area contributed by atoms with Crippen molar-refractivity contribution in [2.24, 2.45) is 5.73 Å². The number of hydrogen-bond acceptors (Lipinski definition) is 4. The molecule has 1 heterocycles. The third-order valence-corrected chi connectivity index (χ3v) is 2.52. The second-order valence-corrected chi connectivity index (χ2v) is 4.77. The van der Waals surface area contributed by atoms with Gasteiger partial charge < -0.3 is 11.1 Å². The molecule has 1 aromatic heterocycles. The van der Waals surface area contributed by atoms with Crippen LogP contribution in [0.4, 0.5) is 5.82 Å². The lowest BCUT2D eigenvalue weighted by Gasteiger charge is -2.13. The lowest BCUT2D eigenvalue weighted by Crippen LogP contribution is -2.24. The Bertz CT molecular complexity index is 397. The van der Waals surface area contributed by atoms with Crippen molar-refractivity contribution in [3.8, 4) is 0 Å². The van der Waals surface area contributed by atoms with E-state index >= 15 is 0 Å². The molecule has 0 fully saturated rings. The van der Waals surface area contributed by atoms with Gasteiger partial charge in [-0.15, -0.1) is 0 Å². The number of nitrogens with one attached hydrogen (secondary N) is 1. The van der Waals surface area contributed by atoms with Gasteiger partial charge in [-0.3, -0.25) is 4.79 Å². The minimum absolute atomic E-state index is 0.0382. The van der Waals surface area contributed by atoms with Crippen molar-refractivity contribution in [1.82, 2.24) is 9.97 Å². The molecule has 0 bridgehead atoms. The first-order chi connectivity index (χ1) is 8.01. The number of aryl methyl sites for hydroxylation is 1. The molecule has 1 rings (SSSR count). The van der Waals surface area contributed by atoms with E-state index in [9.17, 15) is 4.79 Å². The largest absolute Gasteiger partial charge is 0.370 e. The van der Waals surface area contributed by atoms with Crippen LogP contribution in [-0.4, -0.2) is 21.9 Å².